The maximum absolute atomic E-state index is 10.0. The van der Waals surface area contributed by atoms with Crippen LogP contribution in [0.15, 0.2) is 24.3 Å². The van der Waals surface area contributed by atoms with Crippen LogP contribution in [0, 0.1) is 30.1 Å². The van der Waals surface area contributed by atoms with Crippen LogP contribution in [-0.4, -0.2) is 41.4 Å². The molecule has 1 aromatic carbocycles. The predicted octanol–water partition coefficient (Wildman–Crippen LogP) is 3.97. The molecule has 2 aliphatic heterocycles. The number of aryl methyl sites for hydroxylation is 1. The van der Waals surface area contributed by atoms with E-state index in [0.717, 1.165) is 16.7 Å². The summed E-state index contributed by atoms with van der Waals surface area (Å²) in [4.78, 5) is 9.00. The fourth-order valence-corrected chi connectivity index (χ4v) is 4.15. The van der Waals surface area contributed by atoms with Crippen LogP contribution in [0.3, 0.4) is 0 Å². The van der Waals surface area contributed by atoms with E-state index in [0.29, 0.717) is 47.9 Å². The summed E-state index contributed by atoms with van der Waals surface area (Å²) in [6.45, 7) is 7.06. The van der Waals surface area contributed by atoms with Crippen LogP contribution in [0.5, 0.6) is 5.75 Å². The normalized spacial score (nSPS) is 20.2. The molecule has 10 heteroatoms. The quantitative estimate of drug-likeness (QED) is 0.583. The Labute approximate surface area is 192 Å². The van der Waals surface area contributed by atoms with Crippen molar-refractivity contribution < 1.29 is 14.4 Å². The average Bonchev–Trinajstić information content (AvgIpc) is 2.76. The minimum Gasteiger partial charge on any atom is -0.531 e. The molecular formula is C22H25BClN5O3. The number of rotatable bonds is 5. The lowest BCUT2D eigenvalue weighted by molar-refractivity contribution is 0.0698. The van der Waals surface area contributed by atoms with E-state index >= 15 is 0 Å². The number of aromatic nitrogens is 2. The van der Waals surface area contributed by atoms with E-state index in [1.165, 1.54) is 0 Å². The fourth-order valence-electron chi connectivity index (χ4n) is 3.89. The number of hydrogen-bond donors (Lipinski definition) is 3. The zero-order valence-corrected chi connectivity index (χ0v) is 19.0. The molecule has 0 saturated carbocycles. The molecule has 0 spiro atoms. The molecule has 1 aromatic heterocycles. The van der Waals surface area contributed by atoms with Crippen LogP contribution in [0.4, 0.5) is 17.5 Å². The summed E-state index contributed by atoms with van der Waals surface area (Å²) in [6.07, 6.45) is 2.42. The number of nitrogens with zero attached hydrogens (tertiary/aromatic N) is 3. The molecule has 3 heterocycles. The molecule has 2 atom stereocenters. The molecule has 8 nitrogen and oxygen atoms in total. The SMILES string of the molecule is Cc1cnc(Nc2cc(Cl)c3c(c2)C(C(C)C)=CB(O)O3)nc1N[C@@H]1COCC[C@H]1C#N. The van der Waals surface area contributed by atoms with Gasteiger partial charge >= 0.3 is 7.12 Å². The zero-order valence-electron chi connectivity index (χ0n) is 18.2. The van der Waals surface area contributed by atoms with Crippen molar-refractivity contribution in [2.75, 3.05) is 23.8 Å². The van der Waals surface area contributed by atoms with Gasteiger partial charge in [0.2, 0.25) is 5.95 Å². The number of nitriles is 1. The van der Waals surface area contributed by atoms with Crippen molar-refractivity contribution in [1.82, 2.24) is 9.97 Å². The van der Waals surface area contributed by atoms with Gasteiger partial charge in [-0.25, -0.2) is 4.98 Å². The van der Waals surface area contributed by atoms with Gasteiger partial charge in [-0.1, -0.05) is 25.4 Å². The lowest BCUT2D eigenvalue weighted by Crippen LogP contribution is -2.38. The predicted molar refractivity (Wildman–Crippen MR) is 125 cm³/mol. The first-order valence-electron chi connectivity index (χ1n) is 10.6. The summed E-state index contributed by atoms with van der Waals surface area (Å²) >= 11 is 6.47. The van der Waals surface area contributed by atoms with Gasteiger partial charge in [-0.05, 0) is 42.9 Å². The average molecular weight is 454 g/mol. The van der Waals surface area contributed by atoms with Crippen LogP contribution in [0.1, 0.15) is 31.4 Å². The highest BCUT2D eigenvalue weighted by Gasteiger charge is 2.28. The second kappa shape index (κ2) is 9.37. The summed E-state index contributed by atoms with van der Waals surface area (Å²) < 4.78 is 11.1. The van der Waals surface area contributed by atoms with Gasteiger partial charge in [0.1, 0.15) is 11.6 Å². The number of fused-ring (bicyclic) bond motifs is 1. The molecule has 2 aliphatic rings. The minimum atomic E-state index is -1.02. The van der Waals surface area contributed by atoms with E-state index in [1.807, 2.05) is 26.8 Å². The Hall–Kier alpha value is -2.80. The Morgan fingerprint density at radius 1 is 1.38 bits per heavy atom. The molecule has 0 unspecified atom stereocenters. The summed E-state index contributed by atoms with van der Waals surface area (Å²) in [5.74, 6) is 3.24. The summed E-state index contributed by atoms with van der Waals surface area (Å²) in [6, 6.07) is 5.85. The van der Waals surface area contributed by atoms with Gasteiger partial charge in [0, 0.05) is 29.6 Å². The maximum atomic E-state index is 10.0. The van der Waals surface area contributed by atoms with Gasteiger partial charge < -0.3 is 25.0 Å². The van der Waals surface area contributed by atoms with Crippen LogP contribution in [-0.2, 0) is 4.74 Å². The first-order chi connectivity index (χ1) is 15.4. The topological polar surface area (TPSA) is 112 Å². The van der Waals surface area contributed by atoms with Gasteiger partial charge in [0.05, 0.1) is 29.7 Å². The van der Waals surface area contributed by atoms with Crippen molar-refractivity contribution >= 4 is 41.7 Å². The molecule has 0 radical (unpaired) electrons. The van der Waals surface area contributed by atoms with Crippen molar-refractivity contribution in [2.45, 2.75) is 33.2 Å². The third kappa shape index (κ3) is 4.68. The molecular weight excluding hydrogens is 429 g/mol. The molecule has 1 fully saturated rings. The molecule has 0 aliphatic carbocycles. The van der Waals surface area contributed by atoms with E-state index in [4.69, 9.17) is 21.0 Å². The monoisotopic (exact) mass is 453 g/mol. The van der Waals surface area contributed by atoms with Crippen LogP contribution < -0.4 is 15.3 Å². The van der Waals surface area contributed by atoms with Gasteiger partial charge in [-0.3, -0.25) is 0 Å². The van der Waals surface area contributed by atoms with Crippen molar-refractivity contribution in [1.29, 1.82) is 5.26 Å². The summed E-state index contributed by atoms with van der Waals surface area (Å²) in [5, 5.41) is 26.4. The zero-order chi connectivity index (χ0) is 22.8. The van der Waals surface area contributed by atoms with Crippen LogP contribution in [0.25, 0.3) is 5.57 Å². The van der Waals surface area contributed by atoms with Crippen molar-refractivity contribution in [2.24, 2.45) is 11.8 Å². The Morgan fingerprint density at radius 3 is 2.94 bits per heavy atom. The van der Waals surface area contributed by atoms with E-state index in [9.17, 15) is 10.3 Å². The Morgan fingerprint density at radius 2 is 2.19 bits per heavy atom. The second-order valence-corrected chi connectivity index (χ2v) is 8.73. The molecule has 0 amide bonds. The standard InChI is InChI=1S/C22H25BClN5O3/c1-12(2)17-8-23(30)32-20-16(17)6-15(7-18(20)24)27-22-26-10-13(3)21(29-22)28-19-11-31-5-4-14(19)9-25/h6-8,10,12,14,19,30H,4-5,11H2,1-3H3,(H2,26,27,28,29)/t14-,19+/m0/s1. The fraction of sp³-hybridized carbons (Fsp3) is 0.409. The maximum Gasteiger partial charge on any atom is 0.552 e. The number of allylic oxidation sites excluding steroid dienone is 1. The molecule has 2 aromatic rings. The van der Waals surface area contributed by atoms with Crippen LogP contribution in [0.2, 0.25) is 5.02 Å². The van der Waals surface area contributed by atoms with Gasteiger partial charge in [0.25, 0.3) is 0 Å². The molecule has 166 valence electrons. The highest BCUT2D eigenvalue weighted by molar-refractivity contribution is 6.53. The number of ether oxygens (including phenoxy) is 1. The summed E-state index contributed by atoms with van der Waals surface area (Å²) in [7, 11) is -1.02. The number of anilines is 3. The highest BCUT2D eigenvalue weighted by atomic mass is 35.5. The van der Waals surface area contributed by atoms with Crippen molar-refractivity contribution in [3.8, 4) is 11.8 Å². The van der Waals surface area contributed by atoms with Crippen molar-refractivity contribution in [3.05, 3.63) is 40.5 Å². The molecule has 32 heavy (non-hydrogen) atoms. The summed E-state index contributed by atoms with van der Waals surface area (Å²) in [5.41, 5.74) is 3.35. The Balaban J connectivity index is 1.60. The third-order valence-corrected chi connectivity index (χ3v) is 5.89. The first-order valence-corrected chi connectivity index (χ1v) is 11.0. The van der Waals surface area contributed by atoms with Crippen LogP contribution >= 0.6 is 11.6 Å². The second-order valence-electron chi connectivity index (χ2n) is 8.32. The smallest absolute Gasteiger partial charge is 0.531 e. The first kappa shape index (κ1) is 22.4. The largest absolute Gasteiger partial charge is 0.552 e. The van der Waals surface area contributed by atoms with Gasteiger partial charge in [0.15, 0.2) is 0 Å². The number of benzene rings is 1. The minimum absolute atomic E-state index is 0.129. The van der Waals surface area contributed by atoms with E-state index in [-0.39, 0.29) is 17.9 Å². The number of halogens is 1. The number of nitrogens with one attached hydrogen (secondary N) is 2. The molecule has 3 N–H and O–H groups in total. The lowest BCUT2D eigenvalue weighted by atomic mass is 9.78. The van der Waals surface area contributed by atoms with E-state index in [1.54, 1.807) is 18.2 Å². The van der Waals surface area contributed by atoms with Crippen molar-refractivity contribution in [3.63, 3.8) is 0 Å². The van der Waals surface area contributed by atoms with Gasteiger partial charge in [-0.15, -0.1) is 0 Å². The van der Waals surface area contributed by atoms with Gasteiger partial charge in [-0.2, -0.15) is 10.2 Å². The Kier molecular flexibility index (Phi) is 6.56. The lowest BCUT2D eigenvalue weighted by Gasteiger charge is -2.28. The molecule has 0 bridgehead atoms. The third-order valence-electron chi connectivity index (χ3n) is 5.61. The van der Waals surface area contributed by atoms with E-state index in [2.05, 4.69) is 26.7 Å². The number of hydrogen-bond acceptors (Lipinski definition) is 8. The highest BCUT2D eigenvalue weighted by Crippen LogP contribution is 2.42. The van der Waals surface area contributed by atoms with E-state index < -0.39 is 7.12 Å². The molecule has 1 saturated heterocycles. The Bertz CT molecular complexity index is 1090. The molecule has 4 rings (SSSR count).